The van der Waals surface area contributed by atoms with Crippen molar-refractivity contribution in [3.8, 4) is 0 Å². The molecular weight excluding hydrogens is 320 g/mol. The highest BCUT2D eigenvalue weighted by atomic mass is 32.1. The van der Waals surface area contributed by atoms with Gasteiger partial charge < -0.3 is 5.32 Å². The first kappa shape index (κ1) is 16.3. The monoisotopic (exact) mass is 332 g/mol. The highest BCUT2D eigenvalue weighted by Gasteiger charge is 2.09. The zero-order valence-corrected chi connectivity index (χ0v) is 12.8. The van der Waals surface area contributed by atoms with Crippen molar-refractivity contribution >= 4 is 40.1 Å². The molecule has 2 rings (SSSR count). The third kappa shape index (κ3) is 4.71. The summed E-state index contributed by atoms with van der Waals surface area (Å²) in [6.45, 7) is 1.37. The van der Waals surface area contributed by atoms with Crippen molar-refractivity contribution in [2.24, 2.45) is 5.10 Å². The van der Waals surface area contributed by atoms with Crippen LogP contribution in [0.25, 0.3) is 0 Å². The van der Waals surface area contributed by atoms with E-state index in [1.54, 1.807) is 18.2 Å². The van der Waals surface area contributed by atoms with Crippen molar-refractivity contribution in [2.75, 3.05) is 5.32 Å². The van der Waals surface area contributed by atoms with Crippen molar-refractivity contribution < 1.29 is 14.5 Å². The Morgan fingerprint density at radius 3 is 2.74 bits per heavy atom. The molecule has 23 heavy (non-hydrogen) atoms. The molecule has 9 heteroatoms. The van der Waals surface area contributed by atoms with Gasteiger partial charge in [0.2, 0.25) is 5.91 Å². The van der Waals surface area contributed by atoms with Crippen LogP contribution < -0.4 is 10.7 Å². The number of nitro groups is 1. The second-order valence-electron chi connectivity index (χ2n) is 4.39. The van der Waals surface area contributed by atoms with E-state index >= 15 is 0 Å². The molecule has 2 N–H and O–H groups in total. The zero-order valence-electron chi connectivity index (χ0n) is 12.0. The van der Waals surface area contributed by atoms with Gasteiger partial charge in [-0.2, -0.15) is 5.10 Å². The Morgan fingerprint density at radius 2 is 2.09 bits per heavy atom. The number of thiophene rings is 1. The largest absolute Gasteiger partial charge is 0.326 e. The fourth-order valence-corrected chi connectivity index (χ4v) is 2.36. The van der Waals surface area contributed by atoms with Crippen LogP contribution in [0.15, 0.2) is 41.5 Å². The van der Waals surface area contributed by atoms with E-state index in [2.05, 4.69) is 15.8 Å². The van der Waals surface area contributed by atoms with Gasteiger partial charge in [0, 0.05) is 24.2 Å². The molecule has 2 amide bonds. The van der Waals surface area contributed by atoms with Gasteiger partial charge in [-0.1, -0.05) is 17.4 Å². The number of hydrogen-bond donors (Lipinski definition) is 2. The number of amides is 2. The first-order valence-corrected chi connectivity index (χ1v) is 7.22. The van der Waals surface area contributed by atoms with Gasteiger partial charge in [0.15, 0.2) is 0 Å². The summed E-state index contributed by atoms with van der Waals surface area (Å²) < 4.78 is 0. The SMILES string of the molecule is CC(=O)Nc1cccc(C(=O)N/N=C/c2ccc([N+](=O)[O-])s2)c1. The molecule has 8 nitrogen and oxygen atoms in total. The number of carbonyl (C=O) groups excluding carboxylic acids is 2. The average molecular weight is 332 g/mol. The second kappa shape index (κ2) is 7.27. The molecule has 0 saturated carbocycles. The van der Waals surface area contributed by atoms with E-state index in [0.29, 0.717) is 16.1 Å². The van der Waals surface area contributed by atoms with Crippen molar-refractivity contribution in [1.82, 2.24) is 5.43 Å². The minimum Gasteiger partial charge on any atom is -0.326 e. The summed E-state index contributed by atoms with van der Waals surface area (Å²) in [5.74, 6) is -0.695. The number of nitrogens with zero attached hydrogens (tertiary/aromatic N) is 2. The molecule has 0 radical (unpaired) electrons. The van der Waals surface area contributed by atoms with Crippen LogP contribution in [0.3, 0.4) is 0 Å². The summed E-state index contributed by atoms with van der Waals surface area (Å²) >= 11 is 0.951. The Labute approximate surface area is 135 Å². The molecule has 0 atom stereocenters. The van der Waals surface area contributed by atoms with Crippen LogP contribution in [0, 0.1) is 10.1 Å². The fraction of sp³-hybridized carbons (Fsp3) is 0.0714. The lowest BCUT2D eigenvalue weighted by Crippen LogP contribution is -2.18. The molecule has 1 heterocycles. The summed E-state index contributed by atoms with van der Waals surface area (Å²) in [6, 6.07) is 9.29. The van der Waals surface area contributed by atoms with E-state index in [4.69, 9.17) is 0 Å². The molecule has 0 aliphatic heterocycles. The minimum absolute atomic E-state index is 0.000727. The van der Waals surface area contributed by atoms with Crippen LogP contribution in [0.2, 0.25) is 0 Å². The van der Waals surface area contributed by atoms with Gasteiger partial charge in [-0.25, -0.2) is 5.43 Å². The van der Waals surface area contributed by atoms with Gasteiger partial charge in [-0.15, -0.1) is 0 Å². The quantitative estimate of drug-likeness (QED) is 0.497. The molecule has 0 spiro atoms. The smallest absolute Gasteiger partial charge is 0.324 e. The normalized spacial score (nSPS) is 10.5. The van der Waals surface area contributed by atoms with Crippen LogP contribution in [0.5, 0.6) is 0 Å². The Bertz CT molecular complexity index is 785. The molecular formula is C14H12N4O4S. The molecule has 0 aliphatic carbocycles. The van der Waals surface area contributed by atoms with Crippen molar-refractivity contribution in [1.29, 1.82) is 0 Å². The summed E-state index contributed by atoms with van der Waals surface area (Å²) in [7, 11) is 0. The molecule has 0 saturated heterocycles. The van der Waals surface area contributed by atoms with E-state index in [-0.39, 0.29) is 10.9 Å². The van der Waals surface area contributed by atoms with Gasteiger partial charge in [0.1, 0.15) is 0 Å². The molecule has 1 aromatic carbocycles. The fourth-order valence-electron chi connectivity index (χ4n) is 1.67. The molecule has 0 bridgehead atoms. The van der Waals surface area contributed by atoms with Crippen LogP contribution in [-0.2, 0) is 4.79 Å². The second-order valence-corrected chi connectivity index (χ2v) is 5.49. The highest BCUT2D eigenvalue weighted by Crippen LogP contribution is 2.22. The Balaban J connectivity index is 1.99. The maximum Gasteiger partial charge on any atom is 0.324 e. The van der Waals surface area contributed by atoms with E-state index in [9.17, 15) is 19.7 Å². The van der Waals surface area contributed by atoms with Crippen molar-refractivity contribution in [3.05, 3.63) is 57.0 Å². The number of benzene rings is 1. The number of anilines is 1. The molecule has 0 fully saturated rings. The Morgan fingerprint density at radius 1 is 1.30 bits per heavy atom. The van der Waals surface area contributed by atoms with E-state index in [0.717, 1.165) is 11.3 Å². The van der Waals surface area contributed by atoms with Crippen LogP contribution >= 0.6 is 11.3 Å². The van der Waals surface area contributed by atoms with Crippen molar-refractivity contribution in [2.45, 2.75) is 6.92 Å². The van der Waals surface area contributed by atoms with Crippen LogP contribution in [0.1, 0.15) is 22.2 Å². The molecule has 1 aromatic heterocycles. The van der Waals surface area contributed by atoms with E-state index in [1.807, 2.05) is 0 Å². The predicted octanol–water partition coefficient (Wildman–Crippen LogP) is 2.38. The van der Waals surface area contributed by atoms with Crippen molar-refractivity contribution in [3.63, 3.8) is 0 Å². The number of rotatable bonds is 5. The molecule has 2 aromatic rings. The van der Waals surface area contributed by atoms with Gasteiger partial charge in [-0.3, -0.25) is 19.7 Å². The lowest BCUT2D eigenvalue weighted by molar-refractivity contribution is -0.380. The summed E-state index contributed by atoms with van der Waals surface area (Å²) in [5.41, 5.74) is 3.15. The first-order valence-electron chi connectivity index (χ1n) is 6.41. The first-order chi connectivity index (χ1) is 11.0. The lowest BCUT2D eigenvalue weighted by atomic mass is 10.2. The Hall–Kier alpha value is -3.07. The number of hydrazone groups is 1. The van der Waals surface area contributed by atoms with Gasteiger partial charge >= 0.3 is 5.00 Å². The van der Waals surface area contributed by atoms with Gasteiger partial charge in [0.05, 0.1) is 16.0 Å². The summed E-state index contributed by atoms with van der Waals surface area (Å²) in [6.07, 6.45) is 1.33. The topological polar surface area (TPSA) is 114 Å². The van der Waals surface area contributed by atoms with Gasteiger partial charge in [0.25, 0.3) is 5.91 Å². The van der Waals surface area contributed by atoms with E-state index < -0.39 is 10.8 Å². The maximum atomic E-state index is 11.9. The molecule has 0 aliphatic rings. The highest BCUT2D eigenvalue weighted by molar-refractivity contribution is 7.16. The molecule has 118 valence electrons. The van der Waals surface area contributed by atoms with Crippen LogP contribution in [-0.4, -0.2) is 23.0 Å². The predicted molar refractivity (Wildman–Crippen MR) is 86.8 cm³/mol. The standard InChI is InChI=1S/C14H12N4O4S/c1-9(19)16-11-4-2-3-10(7-11)14(20)17-15-8-12-5-6-13(23-12)18(21)22/h2-8H,1H3,(H,16,19)(H,17,20)/b15-8+. The zero-order chi connectivity index (χ0) is 16.8. The summed E-state index contributed by atoms with van der Waals surface area (Å²) in [5, 5.41) is 16.9. The average Bonchev–Trinajstić information content (AvgIpc) is 2.96. The minimum atomic E-state index is -0.492. The van der Waals surface area contributed by atoms with E-state index in [1.165, 1.54) is 31.3 Å². The number of hydrogen-bond acceptors (Lipinski definition) is 6. The third-order valence-corrected chi connectivity index (χ3v) is 3.57. The number of nitrogens with one attached hydrogen (secondary N) is 2. The third-order valence-electron chi connectivity index (χ3n) is 2.60. The van der Waals surface area contributed by atoms with Gasteiger partial charge in [-0.05, 0) is 24.3 Å². The Kier molecular flexibility index (Phi) is 5.15. The van der Waals surface area contributed by atoms with Crippen LogP contribution in [0.4, 0.5) is 10.7 Å². The number of carbonyl (C=O) groups is 2. The maximum absolute atomic E-state index is 11.9. The lowest BCUT2D eigenvalue weighted by Gasteiger charge is -2.04. The molecule has 0 unspecified atom stereocenters. The summed E-state index contributed by atoms with van der Waals surface area (Å²) in [4.78, 5) is 33.5.